The maximum atomic E-state index is 11.6. The molecule has 0 saturated carbocycles. The summed E-state index contributed by atoms with van der Waals surface area (Å²) in [6, 6.07) is 5.33. The van der Waals surface area contributed by atoms with Crippen molar-refractivity contribution >= 4 is 40.1 Å². The summed E-state index contributed by atoms with van der Waals surface area (Å²) in [6.07, 6.45) is 0. The van der Waals surface area contributed by atoms with Gasteiger partial charge in [-0.1, -0.05) is 40.3 Å². The van der Waals surface area contributed by atoms with E-state index < -0.39 is 0 Å². The van der Waals surface area contributed by atoms with Crippen molar-refractivity contribution in [2.24, 2.45) is 0 Å². The van der Waals surface area contributed by atoms with E-state index in [1.54, 1.807) is 12.1 Å². The monoisotopic (exact) mass is 323 g/mol. The molecule has 0 aromatic heterocycles. The van der Waals surface area contributed by atoms with Crippen LogP contribution in [0.1, 0.15) is 15.9 Å². The van der Waals surface area contributed by atoms with E-state index in [4.69, 9.17) is 11.6 Å². The van der Waals surface area contributed by atoms with Crippen molar-refractivity contribution in [3.63, 3.8) is 0 Å². The van der Waals surface area contributed by atoms with Gasteiger partial charge in [0.1, 0.15) is 0 Å². The Hall–Kier alpha value is -0.290. The summed E-state index contributed by atoms with van der Waals surface area (Å²) in [6.45, 7) is 2.58. The molecule has 0 aliphatic rings. The van der Waals surface area contributed by atoms with E-state index in [2.05, 4.69) is 27.9 Å². The van der Waals surface area contributed by atoms with Crippen LogP contribution in [0.4, 0.5) is 0 Å². The van der Waals surface area contributed by atoms with Crippen LogP contribution in [0.25, 0.3) is 0 Å². The summed E-state index contributed by atoms with van der Waals surface area (Å²) in [5.41, 5.74) is 1.60. The van der Waals surface area contributed by atoms with Gasteiger partial charge < -0.3 is 5.32 Å². The van der Waals surface area contributed by atoms with E-state index in [0.29, 0.717) is 17.1 Å². The lowest BCUT2D eigenvalue weighted by atomic mass is 10.1. The average Bonchev–Trinajstić information content (AvgIpc) is 2.18. The average molecular weight is 324 g/mol. The third-order valence-corrected chi connectivity index (χ3v) is 2.60. The van der Waals surface area contributed by atoms with Gasteiger partial charge >= 0.3 is 0 Å². The van der Waals surface area contributed by atoms with E-state index in [0.717, 1.165) is 9.99 Å². The van der Waals surface area contributed by atoms with Gasteiger partial charge in [-0.3, -0.25) is 4.79 Å². The van der Waals surface area contributed by atoms with Gasteiger partial charge in [0.2, 0.25) is 0 Å². The number of halogens is 2. The molecule has 0 saturated heterocycles. The fraction of sp³-hybridized carbons (Fsp3) is 0.300. The number of rotatable bonds is 3. The molecule has 76 valence electrons. The lowest BCUT2D eigenvalue weighted by Gasteiger charge is -2.06. The lowest BCUT2D eigenvalue weighted by molar-refractivity contribution is 0.0956. The molecular formula is C10H11ClINO. The van der Waals surface area contributed by atoms with Crippen molar-refractivity contribution in [3.8, 4) is 0 Å². The minimum absolute atomic E-state index is 0.0540. The van der Waals surface area contributed by atoms with Gasteiger partial charge in [0, 0.05) is 21.6 Å². The fourth-order valence-electron chi connectivity index (χ4n) is 1.09. The number of carbonyl (C=O) groups is 1. The van der Waals surface area contributed by atoms with Crippen molar-refractivity contribution < 1.29 is 4.79 Å². The number of benzene rings is 1. The van der Waals surface area contributed by atoms with Crippen molar-refractivity contribution in [2.45, 2.75) is 6.92 Å². The number of hydrogen-bond donors (Lipinski definition) is 1. The Kier molecular flexibility index (Phi) is 4.68. The second-order valence-electron chi connectivity index (χ2n) is 2.90. The molecular weight excluding hydrogens is 312 g/mol. The van der Waals surface area contributed by atoms with Gasteiger partial charge in [0.05, 0.1) is 0 Å². The van der Waals surface area contributed by atoms with Crippen LogP contribution in [0.15, 0.2) is 18.2 Å². The molecule has 0 unspecified atom stereocenters. The lowest BCUT2D eigenvalue weighted by Crippen LogP contribution is -2.25. The van der Waals surface area contributed by atoms with Gasteiger partial charge in [0.15, 0.2) is 0 Å². The van der Waals surface area contributed by atoms with E-state index in [1.165, 1.54) is 0 Å². The largest absolute Gasteiger partial charge is 0.351 e. The second kappa shape index (κ2) is 5.56. The Morgan fingerprint density at radius 1 is 1.57 bits per heavy atom. The quantitative estimate of drug-likeness (QED) is 0.672. The third-order valence-electron chi connectivity index (χ3n) is 1.82. The molecule has 0 atom stereocenters. The first-order chi connectivity index (χ1) is 6.65. The topological polar surface area (TPSA) is 29.1 Å². The SMILES string of the molecule is Cc1ccc(Cl)cc1C(=O)NCCI. The van der Waals surface area contributed by atoms with Gasteiger partial charge in [-0.15, -0.1) is 0 Å². The number of alkyl halides is 1. The Labute approximate surface area is 102 Å². The van der Waals surface area contributed by atoms with Crippen molar-refractivity contribution in [3.05, 3.63) is 34.3 Å². The number of nitrogens with one attached hydrogen (secondary N) is 1. The van der Waals surface area contributed by atoms with E-state index in [1.807, 2.05) is 13.0 Å². The normalized spacial score (nSPS) is 9.93. The zero-order valence-electron chi connectivity index (χ0n) is 7.81. The minimum Gasteiger partial charge on any atom is -0.351 e. The minimum atomic E-state index is -0.0540. The Balaban J connectivity index is 2.83. The van der Waals surface area contributed by atoms with Crippen LogP contribution in [-0.4, -0.2) is 16.9 Å². The highest BCUT2D eigenvalue weighted by molar-refractivity contribution is 14.1. The maximum absolute atomic E-state index is 11.6. The number of carbonyl (C=O) groups excluding carboxylic acids is 1. The highest BCUT2D eigenvalue weighted by Gasteiger charge is 2.08. The Morgan fingerprint density at radius 3 is 2.93 bits per heavy atom. The van der Waals surface area contributed by atoms with Crippen LogP contribution in [-0.2, 0) is 0 Å². The van der Waals surface area contributed by atoms with Crippen LogP contribution in [0.3, 0.4) is 0 Å². The van der Waals surface area contributed by atoms with Crippen LogP contribution in [0, 0.1) is 6.92 Å². The molecule has 0 aliphatic heterocycles. The van der Waals surface area contributed by atoms with Crippen molar-refractivity contribution in [1.29, 1.82) is 0 Å². The number of amides is 1. The summed E-state index contributed by atoms with van der Waals surface area (Å²) in [7, 11) is 0. The maximum Gasteiger partial charge on any atom is 0.251 e. The molecule has 1 aromatic rings. The van der Waals surface area contributed by atoms with E-state index in [9.17, 15) is 4.79 Å². The third kappa shape index (κ3) is 3.13. The number of hydrogen-bond acceptors (Lipinski definition) is 1. The molecule has 1 amide bonds. The van der Waals surface area contributed by atoms with Crippen molar-refractivity contribution in [1.82, 2.24) is 5.32 Å². The summed E-state index contributed by atoms with van der Waals surface area (Å²) in [5, 5.41) is 3.40. The zero-order chi connectivity index (χ0) is 10.6. The predicted octanol–water partition coefficient (Wildman–Crippen LogP) is 2.81. The van der Waals surface area contributed by atoms with Crippen LogP contribution in [0.2, 0.25) is 5.02 Å². The molecule has 0 bridgehead atoms. The molecule has 14 heavy (non-hydrogen) atoms. The summed E-state index contributed by atoms with van der Waals surface area (Å²) >= 11 is 8.03. The first kappa shape index (κ1) is 11.8. The Bertz CT molecular complexity index is 341. The molecule has 0 radical (unpaired) electrons. The molecule has 1 N–H and O–H groups in total. The van der Waals surface area contributed by atoms with Crippen LogP contribution in [0.5, 0.6) is 0 Å². The summed E-state index contributed by atoms with van der Waals surface area (Å²) in [4.78, 5) is 11.6. The highest BCUT2D eigenvalue weighted by atomic mass is 127. The van der Waals surface area contributed by atoms with Gasteiger partial charge in [-0.2, -0.15) is 0 Å². The summed E-state index contributed by atoms with van der Waals surface area (Å²) in [5.74, 6) is -0.0540. The molecule has 0 spiro atoms. The smallest absolute Gasteiger partial charge is 0.251 e. The first-order valence-corrected chi connectivity index (χ1v) is 6.16. The summed E-state index contributed by atoms with van der Waals surface area (Å²) < 4.78 is 0.906. The standard InChI is InChI=1S/C10H11ClINO/c1-7-2-3-8(11)6-9(7)10(14)13-5-4-12/h2-3,6H,4-5H2,1H3,(H,13,14). The molecule has 2 nitrogen and oxygen atoms in total. The first-order valence-electron chi connectivity index (χ1n) is 4.25. The molecule has 0 fully saturated rings. The van der Waals surface area contributed by atoms with Gasteiger partial charge in [-0.25, -0.2) is 0 Å². The van der Waals surface area contributed by atoms with Gasteiger partial charge in [-0.05, 0) is 24.6 Å². The van der Waals surface area contributed by atoms with Gasteiger partial charge in [0.25, 0.3) is 5.91 Å². The molecule has 0 aliphatic carbocycles. The predicted molar refractivity (Wildman–Crippen MR) is 67.4 cm³/mol. The fourth-order valence-corrected chi connectivity index (χ4v) is 1.54. The second-order valence-corrected chi connectivity index (χ2v) is 4.42. The Morgan fingerprint density at radius 2 is 2.29 bits per heavy atom. The van der Waals surface area contributed by atoms with E-state index >= 15 is 0 Å². The van der Waals surface area contributed by atoms with Crippen molar-refractivity contribution in [2.75, 3.05) is 11.0 Å². The van der Waals surface area contributed by atoms with Crippen LogP contribution < -0.4 is 5.32 Å². The molecule has 0 heterocycles. The molecule has 1 rings (SSSR count). The highest BCUT2D eigenvalue weighted by Crippen LogP contribution is 2.15. The van der Waals surface area contributed by atoms with E-state index in [-0.39, 0.29) is 5.91 Å². The number of aryl methyl sites for hydroxylation is 1. The molecule has 1 aromatic carbocycles. The molecule has 4 heteroatoms. The van der Waals surface area contributed by atoms with Crippen LogP contribution >= 0.6 is 34.2 Å². The zero-order valence-corrected chi connectivity index (χ0v) is 10.7.